The van der Waals surface area contributed by atoms with Gasteiger partial charge in [-0.2, -0.15) is 0 Å². The minimum atomic E-state index is -0.965. The van der Waals surface area contributed by atoms with Crippen molar-refractivity contribution in [2.75, 3.05) is 11.9 Å². The second-order valence-electron chi connectivity index (χ2n) is 5.44. The van der Waals surface area contributed by atoms with Crippen LogP contribution in [0.4, 0.5) is 10.5 Å². The molecule has 0 spiro atoms. The van der Waals surface area contributed by atoms with E-state index in [1.54, 1.807) is 36.4 Å². The lowest BCUT2D eigenvalue weighted by Gasteiger charge is -2.13. The maximum atomic E-state index is 12.4. The molecule has 0 aliphatic carbocycles. The number of primary amides is 1. The van der Waals surface area contributed by atoms with Gasteiger partial charge in [-0.05, 0) is 56.3 Å². The second-order valence-corrected chi connectivity index (χ2v) is 5.44. The zero-order chi connectivity index (χ0) is 19.1. The predicted molar refractivity (Wildman–Crippen MR) is 96.5 cm³/mol. The number of rotatable bonds is 7. The summed E-state index contributed by atoms with van der Waals surface area (Å²) < 4.78 is 10.6. The Morgan fingerprint density at radius 1 is 1.08 bits per heavy atom. The first-order chi connectivity index (χ1) is 12.4. The molecular weight excluding hydrogens is 336 g/mol. The third-order valence-electron chi connectivity index (χ3n) is 3.47. The quantitative estimate of drug-likeness (QED) is 0.586. The van der Waals surface area contributed by atoms with E-state index in [9.17, 15) is 14.4 Å². The topological polar surface area (TPSA) is 108 Å². The van der Waals surface area contributed by atoms with Crippen LogP contribution < -0.4 is 15.8 Å². The molecule has 7 heteroatoms. The lowest BCUT2D eigenvalue weighted by atomic mass is 10.1. The van der Waals surface area contributed by atoms with Crippen LogP contribution >= 0.6 is 0 Å². The summed E-state index contributed by atoms with van der Waals surface area (Å²) in [4.78, 5) is 35.5. The first kappa shape index (κ1) is 19.0. The van der Waals surface area contributed by atoms with Crippen LogP contribution in [0.15, 0.2) is 48.5 Å². The van der Waals surface area contributed by atoms with E-state index in [0.29, 0.717) is 23.6 Å². The van der Waals surface area contributed by atoms with Crippen molar-refractivity contribution >= 4 is 23.5 Å². The van der Waals surface area contributed by atoms with Crippen molar-refractivity contribution in [3.8, 4) is 5.75 Å². The van der Waals surface area contributed by atoms with Gasteiger partial charge in [-0.1, -0.05) is 6.07 Å². The predicted octanol–water partition coefficient (Wildman–Crippen LogP) is 3.00. The molecule has 0 saturated heterocycles. The highest BCUT2D eigenvalue weighted by Gasteiger charge is 2.20. The monoisotopic (exact) mass is 356 g/mol. The van der Waals surface area contributed by atoms with Gasteiger partial charge in [-0.25, -0.2) is 9.59 Å². The van der Waals surface area contributed by atoms with Crippen LogP contribution in [0, 0.1) is 0 Å². The van der Waals surface area contributed by atoms with Crippen molar-refractivity contribution in [2.45, 2.75) is 20.0 Å². The second kappa shape index (κ2) is 8.66. The Morgan fingerprint density at radius 3 is 2.38 bits per heavy atom. The van der Waals surface area contributed by atoms with Gasteiger partial charge < -0.3 is 20.5 Å². The average molecular weight is 356 g/mol. The van der Waals surface area contributed by atoms with Gasteiger partial charge >= 0.3 is 12.0 Å². The van der Waals surface area contributed by atoms with E-state index in [0.717, 1.165) is 0 Å². The van der Waals surface area contributed by atoms with Crippen LogP contribution in [0.2, 0.25) is 0 Å². The number of hydrogen-bond acceptors (Lipinski definition) is 5. The van der Waals surface area contributed by atoms with Crippen molar-refractivity contribution in [2.24, 2.45) is 5.73 Å². The van der Waals surface area contributed by atoms with Gasteiger partial charge in [0.25, 0.3) is 0 Å². The molecule has 26 heavy (non-hydrogen) atoms. The van der Waals surface area contributed by atoms with E-state index >= 15 is 0 Å². The number of ether oxygens (including phenoxy) is 2. The molecule has 0 aliphatic heterocycles. The molecule has 2 aromatic rings. The highest BCUT2D eigenvalue weighted by molar-refractivity contribution is 6.01. The van der Waals surface area contributed by atoms with E-state index in [-0.39, 0.29) is 11.3 Å². The molecule has 0 heterocycles. The smallest absolute Gasteiger partial charge is 0.338 e. The molecule has 1 atom stereocenters. The number of esters is 1. The number of urea groups is 1. The number of carbonyl (C=O) groups excluding carboxylic acids is 3. The van der Waals surface area contributed by atoms with Crippen molar-refractivity contribution < 1.29 is 23.9 Å². The molecule has 0 radical (unpaired) electrons. The van der Waals surface area contributed by atoms with Crippen LogP contribution in [-0.2, 0) is 4.74 Å². The zero-order valence-electron chi connectivity index (χ0n) is 14.5. The van der Waals surface area contributed by atoms with Gasteiger partial charge in [0.1, 0.15) is 5.75 Å². The molecule has 2 aromatic carbocycles. The summed E-state index contributed by atoms with van der Waals surface area (Å²) in [7, 11) is 0. The number of ketones is 1. The maximum absolute atomic E-state index is 12.4. The number of benzene rings is 2. The molecule has 0 unspecified atom stereocenters. The molecule has 0 fully saturated rings. The highest BCUT2D eigenvalue weighted by atomic mass is 16.5. The van der Waals surface area contributed by atoms with E-state index in [2.05, 4.69) is 5.32 Å². The Hall–Kier alpha value is -3.35. The van der Waals surface area contributed by atoms with Crippen LogP contribution in [-0.4, -0.2) is 30.5 Å². The van der Waals surface area contributed by atoms with E-state index in [1.165, 1.54) is 19.1 Å². The molecule has 0 bridgehead atoms. The number of Topliss-reactive ketones (excluding diaryl/α,β-unsaturated/α-hetero) is 1. The summed E-state index contributed by atoms with van der Waals surface area (Å²) in [5.41, 5.74) is 6.02. The lowest BCUT2D eigenvalue weighted by Crippen LogP contribution is -2.24. The van der Waals surface area contributed by atoms with Crippen molar-refractivity contribution in [3.63, 3.8) is 0 Å². The third kappa shape index (κ3) is 5.07. The molecule has 0 saturated carbocycles. The van der Waals surface area contributed by atoms with Gasteiger partial charge in [-0.15, -0.1) is 0 Å². The summed E-state index contributed by atoms with van der Waals surface area (Å²) in [5.74, 6) is -0.342. The molecule has 7 nitrogen and oxygen atoms in total. The fourth-order valence-electron chi connectivity index (χ4n) is 2.27. The fraction of sp³-hybridized carbons (Fsp3) is 0.211. The fourth-order valence-corrected chi connectivity index (χ4v) is 2.27. The van der Waals surface area contributed by atoms with E-state index in [1.807, 2.05) is 6.92 Å². The van der Waals surface area contributed by atoms with Crippen LogP contribution in [0.25, 0.3) is 0 Å². The summed E-state index contributed by atoms with van der Waals surface area (Å²) in [6, 6.07) is 12.0. The molecular formula is C19H20N2O5. The molecule has 2 amide bonds. The summed E-state index contributed by atoms with van der Waals surface area (Å²) >= 11 is 0. The Labute approximate surface area is 151 Å². The molecule has 3 N–H and O–H groups in total. The number of anilines is 1. The van der Waals surface area contributed by atoms with Crippen LogP contribution in [0.3, 0.4) is 0 Å². The first-order valence-electron chi connectivity index (χ1n) is 8.05. The molecule has 2 rings (SSSR count). The maximum Gasteiger partial charge on any atom is 0.338 e. The average Bonchev–Trinajstić information content (AvgIpc) is 2.61. The van der Waals surface area contributed by atoms with Gasteiger partial charge in [0.15, 0.2) is 6.10 Å². The Kier molecular flexibility index (Phi) is 6.32. The van der Waals surface area contributed by atoms with Crippen LogP contribution in [0.5, 0.6) is 5.75 Å². The summed E-state index contributed by atoms with van der Waals surface area (Å²) in [6.45, 7) is 3.90. The molecule has 136 valence electrons. The Bertz CT molecular complexity index is 802. The van der Waals surface area contributed by atoms with Gasteiger partial charge in [-0.3, -0.25) is 4.79 Å². The number of nitrogens with one attached hydrogen (secondary N) is 1. The zero-order valence-corrected chi connectivity index (χ0v) is 14.5. The SMILES string of the molecule is CCOc1ccc(C(=O)[C@@H](C)OC(=O)c2cccc(NC(N)=O)c2)cc1. The standard InChI is InChI=1S/C19H20N2O5/c1-3-25-16-9-7-13(8-10-16)17(22)12(2)26-18(23)14-5-4-6-15(11-14)21-19(20)24/h4-12H,3H2,1-2H3,(H3,20,21,24)/t12-/m1/s1. The Balaban J connectivity index is 2.03. The molecule has 0 aromatic heterocycles. The summed E-state index contributed by atoms with van der Waals surface area (Å²) in [6.07, 6.45) is -0.965. The Morgan fingerprint density at radius 2 is 1.77 bits per heavy atom. The number of nitrogens with two attached hydrogens (primary N) is 1. The van der Waals surface area contributed by atoms with Gasteiger partial charge in [0.05, 0.1) is 12.2 Å². The minimum Gasteiger partial charge on any atom is -0.494 e. The number of carbonyl (C=O) groups is 3. The van der Waals surface area contributed by atoms with Gasteiger partial charge in [0.2, 0.25) is 5.78 Å². The van der Waals surface area contributed by atoms with Crippen LogP contribution in [0.1, 0.15) is 34.6 Å². The van der Waals surface area contributed by atoms with Crippen molar-refractivity contribution in [3.05, 3.63) is 59.7 Å². The van der Waals surface area contributed by atoms with Gasteiger partial charge in [0, 0.05) is 11.3 Å². The minimum absolute atomic E-state index is 0.197. The van der Waals surface area contributed by atoms with E-state index in [4.69, 9.17) is 15.2 Å². The summed E-state index contributed by atoms with van der Waals surface area (Å²) in [5, 5.41) is 2.37. The van der Waals surface area contributed by atoms with Crippen molar-refractivity contribution in [1.82, 2.24) is 0 Å². The molecule has 0 aliphatic rings. The largest absolute Gasteiger partial charge is 0.494 e. The normalized spacial score (nSPS) is 11.3. The number of amides is 2. The third-order valence-corrected chi connectivity index (χ3v) is 3.47. The first-order valence-corrected chi connectivity index (χ1v) is 8.05. The lowest BCUT2D eigenvalue weighted by molar-refractivity contribution is 0.0319. The number of hydrogen-bond donors (Lipinski definition) is 2. The highest BCUT2D eigenvalue weighted by Crippen LogP contribution is 2.16. The van der Waals surface area contributed by atoms with Crippen molar-refractivity contribution in [1.29, 1.82) is 0 Å². The van der Waals surface area contributed by atoms with E-state index < -0.39 is 18.1 Å².